The maximum Gasteiger partial charge on any atom is 0.306 e. The molecule has 0 N–H and O–H groups in total. The Bertz CT molecular complexity index is 651. The topological polar surface area (TPSA) is 61.8 Å². The van der Waals surface area contributed by atoms with Gasteiger partial charge in [0.05, 0.1) is 12.7 Å². The zero-order chi connectivity index (χ0) is 34.5. The van der Waals surface area contributed by atoms with Crippen LogP contribution in [-0.2, 0) is 23.8 Å². The molecule has 0 saturated heterocycles. The molecule has 0 heterocycles. The highest BCUT2D eigenvalue weighted by atomic mass is 16.6. The Morgan fingerprint density at radius 2 is 0.681 bits per heavy atom. The molecule has 0 aliphatic carbocycles. The van der Waals surface area contributed by atoms with Crippen LogP contribution in [0.15, 0.2) is 0 Å². The fourth-order valence-electron chi connectivity index (χ4n) is 6.23. The highest BCUT2D eigenvalue weighted by Crippen LogP contribution is 2.15. The smallest absolute Gasteiger partial charge is 0.306 e. The average molecular weight is 667 g/mol. The third-order valence-electron chi connectivity index (χ3n) is 9.40. The zero-order valence-electron chi connectivity index (χ0n) is 32.2. The molecule has 0 rings (SSSR count). The van der Waals surface area contributed by atoms with E-state index in [1.165, 1.54) is 167 Å². The maximum absolute atomic E-state index is 12.2. The first-order valence-corrected chi connectivity index (χ1v) is 21.0. The first kappa shape index (κ1) is 45.9. The lowest BCUT2D eigenvalue weighted by atomic mass is 10.0. The minimum absolute atomic E-state index is 0.140. The molecule has 0 saturated carbocycles. The van der Waals surface area contributed by atoms with Gasteiger partial charge < -0.3 is 14.2 Å². The first-order valence-electron chi connectivity index (χ1n) is 21.0. The Balaban J connectivity index is 3.47. The summed E-state index contributed by atoms with van der Waals surface area (Å²) in [7, 11) is 0. The summed E-state index contributed by atoms with van der Waals surface area (Å²) >= 11 is 0. The number of ether oxygens (including phenoxy) is 3. The van der Waals surface area contributed by atoms with Gasteiger partial charge in [0.2, 0.25) is 0 Å². The molecule has 2 atom stereocenters. The standard InChI is InChI=1S/C42H82O5/c1-5-7-9-11-13-15-17-19-21-23-25-27-29-31-33-35-41(43)46-37-39(3)45-38-40(4)47-42(44)36-34-32-30-28-26-24-22-20-18-16-14-12-10-8-6-2/h39-40H,5-38H2,1-4H3. The summed E-state index contributed by atoms with van der Waals surface area (Å²) in [5.41, 5.74) is 0. The van der Waals surface area contributed by atoms with Gasteiger partial charge in [-0.15, -0.1) is 0 Å². The molecule has 2 unspecified atom stereocenters. The van der Waals surface area contributed by atoms with Crippen LogP contribution in [0.1, 0.15) is 233 Å². The van der Waals surface area contributed by atoms with Gasteiger partial charge in [0.15, 0.2) is 0 Å². The minimum atomic E-state index is -0.294. The summed E-state index contributed by atoms with van der Waals surface area (Å²) < 4.78 is 16.7. The van der Waals surface area contributed by atoms with E-state index in [0.717, 1.165) is 25.7 Å². The van der Waals surface area contributed by atoms with Gasteiger partial charge in [-0.2, -0.15) is 0 Å². The van der Waals surface area contributed by atoms with Crippen molar-refractivity contribution in [3.63, 3.8) is 0 Å². The Kier molecular flexibility index (Phi) is 36.8. The average Bonchev–Trinajstić information content (AvgIpc) is 3.06. The molecule has 0 aromatic heterocycles. The van der Waals surface area contributed by atoms with E-state index >= 15 is 0 Å². The summed E-state index contributed by atoms with van der Waals surface area (Å²) in [6.45, 7) is 8.88. The van der Waals surface area contributed by atoms with Gasteiger partial charge in [-0.1, -0.05) is 194 Å². The van der Waals surface area contributed by atoms with Crippen LogP contribution in [-0.4, -0.2) is 37.4 Å². The van der Waals surface area contributed by atoms with E-state index in [1.54, 1.807) is 0 Å². The van der Waals surface area contributed by atoms with Crippen molar-refractivity contribution in [2.45, 2.75) is 245 Å². The van der Waals surface area contributed by atoms with E-state index in [-0.39, 0.29) is 30.8 Å². The van der Waals surface area contributed by atoms with E-state index in [0.29, 0.717) is 19.4 Å². The molecule has 47 heavy (non-hydrogen) atoms. The Morgan fingerprint density at radius 3 is 1.02 bits per heavy atom. The highest BCUT2D eigenvalue weighted by molar-refractivity contribution is 5.69. The molecule has 0 aliphatic heterocycles. The van der Waals surface area contributed by atoms with Gasteiger partial charge >= 0.3 is 11.9 Å². The van der Waals surface area contributed by atoms with Crippen LogP contribution >= 0.6 is 0 Å². The fourth-order valence-corrected chi connectivity index (χ4v) is 6.23. The second kappa shape index (κ2) is 37.7. The Hall–Kier alpha value is -1.10. The van der Waals surface area contributed by atoms with E-state index in [1.807, 2.05) is 13.8 Å². The number of rotatable bonds is 38. The van der Waals surface area contributed by atoms with Crippen molar-refractivity contribution < 1.29 is 23.8 Å². The molecule has 0 spiro atoms. The summed E-state index contributed by atoms with van der Waals surface area (Å²) in [6.07, 6.45) is 39.9. The van der Waals surface area contributed by atoms with Crippen LogP contribution in [0.3, 0.4) is 0 Å². The zero-order valence-corrected chi connectivity index (χ0v) is 32.2. The lowest BCUT2D eigenvalue weighted by molar-refractivity contribution is -0.154. The molecule has 5 nitrogen and oxygen atoms in total. The summed E-state index contributed by atoms with van der Waals surface area (Å²) in [6, 6.07) is 0. The number of unbranched alkanes of at least 4 members (excludes halogenated alkanes) is 28. The predicted molar refractivity (Wildman–Crippen MR) is 201 cm³/mol. The number of hydrogen-bond donors (Lipinski definition) is 0. The van der Waals surface area contributed by atoms with Crippen molar-refractivity contribution in [3.8, 4) is 0 Å². The number of carbonyl (C=O) groups excluding carboxylic acids is 2. The van der Waals surface area contributed by atoms with Gasteiger partial charge in [-0.3, -0.25) is 9.59 Å². The molecule has 280 valence electrons. The van der Waals surface area contributed by atoms with Crippen LogP contribution < -0.4 is 0 Å². The van der Waals surface area contributed by atoms with E-state index in [2.05, 4.69) is 13.8 Å². The molecule has 0 aromatic rings. The summed E-state index contributed by atoms with van der Waals surface area (Å²) in [5, 5.41) is 0. The Labute approximate surface area is 293 Å². The predicted octanol–water partition coefficient (Wildman–Crippen LogP) is 13.4. The van der Waals surface area contributed by atoms with Gasteiger partial charge in [-0.05, 0) is 26.7 Å². The van der Waals surface area contributed by atoms with Crippen LogP contribution in [0.4, 0.5) is 0 Å². The van der Waals surface area contributed by atoms with Crippen LogP contribution in [0.25, 0.3) is 0 Å². The van der Waals surface area contributed by atoms with Crippen molar-refractivity contribution in [1.82, 2.24) is 0 Å². The quantitative estimate of drug-likeness (QED) is 0.0485. The molecule has 5 heteroatoms. The van der Waals surface area contributed by atoms with Crippen LogP contribution in [0, 0.1) is 0 Å². The summed E-state index contributed by atoms with van der Waals surface area (Å²) in [4.78, 5) is 24.3. The molecule has 0 bridgehead atoms. The van der Waals surface area contributed by atoms with Gasteiger partial charge in [0.25, 0.3) is 0 Å². The molecule has 0 aliphatic rings. The van der Waals surface area contributed by atoms with Crippen LogP contribution in [0.2, 0.25) is 0 Å². The van der Waals surface area contributed by atoms with E-state index < -0.39 is 0 Å². The number of carbonyl (C=O) groups is 2. The van der Waals surface area contributed by atoms with Crippen molar-refractivity contribution in [1.29, 1.82) is 0 Å². The molecule has 0 fully saturated rings. The molecule has 0 aromatic carbocycles. The van der Waals surface area contributed by atoms with Crippen LogP contribution in [0.5, 0.6) is 0 Å². The van der Waals surface area contributed by atoms with E-state index in [9.17, 15) is 9.59 Å². The van der Waals surface area contributed by atoms with Crippen molar-refractivity contribution in [2.24, 2.45) is 0 Å². The third-order valence-corrected chi connectivity index (χ3v) is 9.40. The fraction of sp³-hybridized carbons (Fsp3) is 0.952. The SMILES string of the molecule is CCCCCCCCCCCCCCCCCC(=O)OCC(C)OCC(C)OC(=O)CCCCCCCCCCCCCCCCC. The van der Waals surface area contributed by atoms with Crippen molar-refractivity contribution >= 4 is 11.9 Å². The normalized spacial score (nSPS) is 12.7. The summed E-state index contributed by atoms with van der Waals surface area (Å²) in [5.74, 6) is -0.281. The number of hydrogen-bond acceptors (Lipinski definition) is 5. The van der Waals surface area contributed by atoms with Crippen molar-refractivity contribution in [2.75, 3.05) is 13.2 Å². The molecule has 0 amide bonds. The van der Waals surface area contributed by atoms with E-state index in [4.69, 9.17) is 14.2 Å². The van der Waals surface area contributed by atoms with Gasteiger partial charge in [0.1, 0.15) is 12.7 Å². The monoisotopic (exact) mass is 667 g/mol. The highest BCUT2D eigenvalue weighted by Gasteiger charge is 2.13. The number of esters is 2. The largest absolute Gasteiger partial charge is 0.463 e. The lowest BCUT2D eigenvalue weighted by Crippen LogP contribution is -2.26. The molecular weight excluding hydrogens is 584 g/mol. The lowest BCUT2D eigenvalue weighted by Gasteiger charge is -2.18. The second-order valence-corrected chi connectivity index (χ2v) is 14.5. The van der Waals surface area contributed by atoms with Gasteiger partial charge in [-0.25, -0.2) is 0 Å². The maximum atomic E-state index is 12.2. The van der Waals surface area contributed by atoms with Gasteiger partial charge in [0, 0.05) is 12.8 Å². The Morgan fingerprint density at radius 1 is 0.383 bits per heavy atom. The minimum Gasteiger partial charge on any atom is -0.463 e. The second-order valence-electron chi connectivity index (χ2n) is 14.5. The molecule has 0 radical (unpaired) electrons. The third kappa shape index (κ3) is 37.6. The van der Waals surface area contributed by atoms with Crippen molar-refractivity contribution in [3.05, 3.63) is 0 Å². The molecular formula is C42H82O5. The first-order chi connectivity index (χ1) is 23.0.